The molecule has 0 aliphatic carbocycles. The minimum Gasteiger partial charge on any atom is -0.476 e. The van der Waals surface area contributed by atoms with Crippen LogP contribution in [0, 0.1) is 5.92 Å². The van der Waals surface area contributed by atoms with Gasteiger partial charge >= 0.3 is 5.97 Å². The minimum absolute atomic E-state index is 0.166. The number of carboxylic acid groups (broad SMARTS) is 1. The lowest BCUT2D eigenvalue weighted by molar-refractivity contribution is 0.0572. The van der Waals surface area contributed by atoms with Crippen LogP contribution in [-0.4, -0.2) is 39.3 Å². The highest BCUT2D eigenvalue weighted by atomic mass is 19.3. The molecule has 1 aromatic heterocycles. The number of carbonyl (C=O) groups is 1. The van der Waals surface area contributed by atoms with E-state index in [1.165, 1.54) is 0 Å². The van der Waals surface area contributed by atoms with Gasteiger partial charge in [-0.05, 0) is 18.8 Å². The predicted molar refractivity (Wildman–Crippen MR) is 55.5 cm³/mol. The van der Waals surface area contributed by atoms with Gasteiger partial charge in [0.05, 0.1) is 0 Å². The van der Waals surface area contributed by atoms with E-state index in [1.54, 1.807) is 0 Å². The predicted octanol–water partition coefficient (Wildman–Crippen LogP) is 1.34. The van der Waals surface area contributed by atoms with Crippen LogP contribution in [-0.2, 0) is 11.3 Å². The summed E-state index contributed by atoms with van der Waals surface area (Å²) in [6.07, 6.45) is -1.39. The largest absolute Gasteiger partial charge is 0.476 e. The maximum atomic E-state index is 12.8. The topological polar surface area (TPSA) is 77.2 Å². The van der Waals surface area contributed by atoms with Crippen LogP contribution in [0.2, 0.25) is 0 Å². The zero-order valence-electron chi connectivity index (χ0n) is 9.55. The molecular formula is C10H13F2N3O3. The summed E-state index contributed by atoms with van der Waals surface area (Å²) in [6.45, 7) is 1.44. The van der Waals surface area contributed by atoms with E-state index in [1.807, 2.05) is 0 Å². The second-order valence-electron chi connectivity index (χ2n) is 4.17. The Kier molecular flexibility index (Phi) is 3.85. The molecule has 2 heterocycles. The number of hydrogen-bond acceptors (Lipinski definition) is 4. The number of aromatic carboxylic acids is 1. The van der Waals surface area contributed by atoms with Crippen molar-refractivity contribution in [2.45, 2.75) is 25.8 Å². The number of alkyl halides is 2. The summed E-state index contributed by atoms with van der Waals surface area (Å²) in [5, 5.41) is 15.6. The van der Waals surface area contributed by atoms with Gasteiger partial charge in [-0.2, -0.15) is 0 Å². The highest BCUT2D eigenvalue weighted by molar-refractivity contribution is 5.86. The highest BCUT2D eigenvalue weighted by Gasteiger charge is 2.27. The summed E-state index contributed by atoms with van der Waals surface area (Å²) in [5.41, 5.74) is -1.29. The van der Waals surface area contributed by atoms with Crippen molar-refractivity contribution in [2.24, 2.45) is 5.92 Å². The first kappa shape index (κ1) is 12.9. The van der Waals surface area contributed by atoms with Crippen LogP contribution < -0.4 is 0 Å². The fourth-order valence-electron chi connectivity index (χ4n) is 2.00. The molecule has 0 aromatic carbocycles. The molecule has 0 amide bonds. The molecule has 100 valence electrons. The molecule has 1 saturated heterocycles. The zero-order valence-corrected chi connectivity index (χ0v) is 9.55. The van der Waals surface area contributed by atoms with Gasteiger partial charge in [0.25, 0.3) is 6.43 Å². The molecule has 1 aliphatic rings. The first-order valence-electron chi connectivity index (χ1n) is 5.62. The fraction of sp³-hybridized carbons (Fsp3) is 0.700. The Labute approximate surface area is 102 Å². The van der Waals surface area contributed by atoms with Gasteiger partial charge in [0.15, 0.2) is 5.69 Å². The lowest BCUT2D eigenvalue weighted by atomic mass is 10.0. The Morgan fingerprint density at radius 2 is 2.17 bits per heavy atom. The van der Waals surface area contributed by atoms with Gasteiger partial charge < -0.3 is 9.84 Å². The van der Waals surface area contributed by atoms with Crippen molar-refractivity contribution in [3.8, 4) is 0 Å². The number of halogens is 2. The van der Waals surface area contributed by atoms with E-state index >= 15 is 0 Å². The van der Waals surface area contributed by atoms with Gasteiger partial charge in [-0.1, -0.05) is 5.21 Å². The van der Waals surface area contributed by atoms with Crippen LogP contribution in [0.4, 0.5) is 8.78 Å². The molecular weight excluding hydrogens is 248 g/mol. The molecule has 0 unspecified atom stereocenters. The molecule has 0 bridgehead atoms. The molecule has 18 heavy (non-hydrogen) atoms. The van der Waals surface area contributed by atoms with Crippen molar-refractivity contribution < 1.29 is 23.4 Å². The van der Waals surface area contributed by atoms with Gasteiger partial charge in [-0.15, -0.1) is 5.10 Å². The summed E-state index contributed by atoms with van der Waals surface area (Å²) in [7, 11) is 0. The van der Waals surface area contributed by atoms with E-state index in [0.717, 1.165) is 17.5 Å². The standard InChI is InChI=1S/C10H13F2N3O3/c11-9(12)8-7(10(16)17)13-14-15(8)5-6-1-3-18-4-2-6/h6,9H,1-5H2,(H,16,17). The molecule has 6 nitrogen and oxygen atoms in total. The fourth-order valence-corrected chi connectivity index (χ4v) is 2.00. The molecule has 1 aliphatic heterocycles. The third-order valence-electron chi connectivity index (χ3n) is 2.95. The van der Waals surface area contributed by atoms with Crippen LogP contribution in [0.1, 0.15) is 35.4 Å². The Balaban J connectivity index is 2.19. The molecule has 2 rings (SSSR count). The van der Waals surface area contributed by atoms with Gasteiger partial charge in [-0.25, -0.2) is 18.3 Å². The van der Waals surface area contributed by atoms with Crippen molar-refractivity contribution in [1.82, 2.24) is 15.0 Å². The molecule has 1 fully saturated rings. The Morgan fingerprint density at radius 3 is 2.72 bits per heavy atom. The number of carboxylic acids is 1. The second kappa shape index (κ2) is 5.38. The summed E-state index contributed by atoms with van der Waals surface area (Å²) in [4.78, 5) is 10.8. The summed E-state index contributed by atoms with van der Waals surface area (Å²) >= 11 is 0. The van der Waals surface area contributed by atoms with Gasteiger partial charge in [-0.3, -0.25) is 0 Å². The lowest BCUT2D eigenvalue weighted by Crippen LogP contribution is -2.22. The smallest absolute Gasteiger partial charge is 0.358 e. The quantitative estimate of drug-likeness (QED) is 0.885. The number of ether oxygens (including phenoxy) is 1. The van der Waals surface area contributed by atoms with Crippen LogP contribution in [0.25, 0.3) is 0 Å². The first-order valence-corrected chi connectivity index (χ1v) is 5.62. The zero-order chi connectivity index (χ0) is 13.1. The molecule has 0 spiro atoms. The average molecular weight is 261 g/mol. The first-order chi connectivity index (χ1) is 8.59. The number of rotatable bonds is 4. The van der Waals surface area contributed by atoms with Gasteiger partial charge in [0.1, 0.15) is 5.69 Å². The monoisotopic (exact) mass is 261 g/mol. The molecule has 0 radical (unpaired) electrons. The average Bonchev–Trinajstić information content (AvgIpc) is 2.74. The second-order valence-corrected chi connectivity index (χ2v) is 4.17. The van der Waals surface area contributed by atoms with Gasteiger partial charge in [0, 0.05) is 19.8 Å². The molecule has 8 heteroatoms. The van der Waals surface area contributed by atoms with Crippen LogP contribution in [0.15, 0.2) is 0 Å². The van der Waals surface area contributed by atoms with Crippen molar-refractivity contribution in [1.29, 1.82) is 0 Å². The maximum absolute atomic E-state index is 12.8. The van der Waals surface area contributed by atoms with Crippen molar-refractivity contribution >= 4 is 5.97 Å². The Morgan fingerprint density at radius 1 is 1.50 bits per heavy atom. The number of nitrogens with zero attached hydrogens (tertiary/aromatic N) is 3. The van der Waals surface area contributed by atoms with Crippen LogP contribution >= 0.6 is 0 Å². The van der Waals surface area contributed by atoms with Crippen LogP contribution in [0.3, 0.4) is 0 Å². The number of hydrogen-bond donors (Lipinski definition) is 1. The lowest BCUT2D eigenvalue weighted by Gasteiger charge is -2.22. The summed E-state index contributed by atoms with van der Waals surface area (Å²) in [5.74, 6) is -1.32. The van der Waals surface area contributed by atoms with E-state index in [9.17, 15) is 13.6 Å². The third kappa shape index (κ3) is 2.63. The van der Waals surface area contributed by atoms with Crippen molar-refractivity contribution in [2.75, 3.05) is 13.2 Å². The van der Waals surface area contributed by atoms with E-state index in [-0.39, 0.29) is 12.5 Å². The molecule has 1 N–H and O–H groups in total. The highest BCUT2D eigenvalue weighted by Crippen LogP contribution is 2.24. The number of aromatic nitrogens is 3. The molecule has 0 atom stereocenters. The van der Waals surface area contributed by atoms with E-state index in [0.29, 0.717) is 13.2 Å². The third-order valence-corrected chi connectivity index (χ3v) is 2.95. The summed E-state index contributed by atoms with van der Waals surface area (Å²) in [6, 6.07) is 0. The Hall–Kier alpha value is -1.57. The van der Waals surface area contributed by atoms with Crippen LogP contribution in [0.5, 0.6) is 0 Å². The molecule has 1 aromatic rings. The normalized spacial score (nSPS) is 17.3. The molecule has 0 saturated carbocycles. The summed E-state index contributed by atoms with van der Waals surface area (Å²) < 4.78 is 31.9. The van der Waals surface area contributed by atoms with E-state index in [2.05, 4.69) is 10.3 Å². The van der Waals surface area contributed by atoms with Crippen molar-refractivity contribution in [3.05, 3.63) is 11.4 Å². The van der Waals surface area contributed by atoms with E-state index < -0.39 is 23.8 Å². The van der Waals surface area contributed by atoms with E-state index in [4.69, 9.17) is 9.84 Å². The SMILES string of the molecule is O=C(O)c1nnn(CC2CCOCC2)c1C(F)F. The maximum Gasteiger partial charge on any atom is 0.358 e. The minimum atomic E-state index is -2.90. The van der Waals surface area contributed by atoms with Crippen molar-refractivity contribution in [3.63, 3.8) is 0 Å². The Bertz CT molecular complexity index is 430. The van der Waals surface area contributed by atoms with Gasteiger partial charge in [0.2, 0.25) is 0 Å².